The highest BCUT2D eigenvalue weighted by Gasteiger charge is 2.25. The lowest BCUT2D eigenvalue weighted by molar-refractivity contribution is -0.142. The molecule has 0 spiro atoms. The molecule has 1 heterocycles. The Morgan fingerprint density at radius 1 is 0.935 bits per heavy atom. The molecule has 2 aromatic carbocycles. The molecule has 1 aliphatic heterocycles. The van der Waals surface area contributed by atoms with Gasteiger partial charge in [-0.3, -0.25) is 4.79 Å². The van der Waals surface area contributed by atoms with Crippen molar-refractivity contribution in [3.63, 3.8) is 0 Å². The first-order valence-corrected chi connectivity index (χ1v) is 10.7. The first-order chi connectivity index (χ1) is 14.8. The molecule has 0 atom stereocenters. The van der Waals surface area contributed by atoms with Crippen molar-refractivity contribution in [3.8, 4) is 5.75 Å². The van der Waals surface area contributed by atoms with Gasteiger partial charge in [0.05, 0.1) is 13.5 Å². The van der Waals surface area contributed by atoms with Gasteiger partial charge in [-0.25, -0.2) is 4.79 Å². The number of nitrogens with zero attached hydrogens (tertiary/aromatic N) is 2. The molecule has 0 saturated carbocycles. The number of piperazine rings is 1. The number of methoxy groups -OCH3 is 1. The van der Waals surface area contributed by atoms with Gasteiger partial charge in [0.15, 0.2) is 6.61 Å². The number of hydrogen-bond acceptors (Lipinski definition) is 5. The van der Waals surface area contributed by atoms with Gasteiger partial charge in [-0.15, -0.1) is 0 Å². The maximum Gasteiger partial charge on any atom is 0.343 e. The summed E-state index contributed by atoms with van der Waals surface area (Å²) >= 11 is 0. The van der Waals surface area contributed by atoms with E-state index in [0.717, 1.165) is 31.7 Å². The first-order valence-electron chi connectivity index (χ1n) is 10.7. The largest absolute Gasteiger partial charge is 0.482 e. The van der Waals surface area contributed by atoms with Gasteiger partial charge in [0.1, 0.15) is 5.75 Å². The molecule has 166 valence electrons. The molecule has 1 saturated heterocycles. The van der Waals surface area contributed by atoms with E-state index >= 15 is 0 Å². The molecule has 0 unspecified atom stereocenters. The number of benzene rings is 2. The van der Waals surface area contributed by atoms with Crippen molar-refractivity contribution in [2.75, 3.05) is 44.8 Å². The van der Waals surface area contributed by atoms with Crippen molar-refractivity contribution >= 4 is 17.6 Å². The third kappa shape index (κ3) is 6.00. The van der Waals surface area contributed by atoms with Gasteiger partial charge in [-0.1, -0.05) is 51.1 Å². The van der Waals surface area contributed by atoms with Crippen LogP contribution in [0.15, 0.2) is 48.5 Å². The number of carbonyl (C=O) groups excluding carboxylic acids is 2. The number of amides is 1. The van der Waals surface area contributed by atoms with Gasteiger partial charge in [-0.05, 0) is 34.7 Å². The van der Waals surface area contributed by atoms with E-state index in [9.17, 15) is 9.59 Å². The second-order valence-electron chi connectivity index (χ2n) is 8.82. The van der Waals surface area contributed by atoms with Gasteiger partial charge < -0.3 is 19.3 Å². The molecule has 1 aliphatic rings. The SMILES string of the molecule is COC(=O)COc1ccc(CC(=O)N2CCN(c3ccccc3C(C)(C)C)CC2)cc1. The summed E-state index contributed by atoms with van der Waals surface area (Å²) in [5, 5.41) is 0. The fraction of sp³-hybridized carbons (Fsp3) is 0.440. The minimum Gasteiger partial charge on any atom is -0.482 e. The van der Waals surface area contributed by atoms with Crippen molar-refractivity contribution in [1.29, 1.82) is 0 Å². The maximum absolute atomic E-state index is 12.8. The summed E-state index contributed by atoms with van der Waals surface area (Å²) in [6.07, 6.45) is 0.357. The van der Waals surface area contributed by atoms with E-state index in [2.05, 4.69) is 54.7 Å². The molecule has 0 radical (unpaired) electrons. The highest BCUT2D eigenvalue weighted by molar-refractivity contribution is 5.79. The number of esters is 1. The summed E-state index contributed by atoms with van der Waals surface area (Å²) in [6, 6.07) is 15.8. The summed E-state index contributed by atoms with van der Waals surface area (Å²) in [6.45, 7) is 9.68. The van der Waals surface area contributed by atoms with Crippen LogP contribution in [0, 0.1) is 0 Å². The van der Waals surface area contributed by atoms with E-state index in [1.54, 1.807) is 12.1 Å². The average Bonchev–Trinajstić information content (AvgIpc) is 2.78. The molecule has 1 amide bonds. The molecule has 0 N–H and O–H groups in total. The fourth-order valence-electron chi connectivity index (χ4n) is 3.77. The number of anilines is 1. The number of carbonyl (C=O) groups is 2. The van der Waals surface area contributed by atoms with Crippen molar-refractivity contribution in [3.05, 3.63) is 59.7 Å². The maximum atomic E-state index is 12.8. The Morgan fingerprint density at radius 2 is 1.58 bits per heavy atom. The van der Waals surface area contributed by atoms with Crippen LogP contribution in [0.1, 0.15) is 31.9 Å². The van der Waals surface area contributed by atoms with Crippen LogP contribution in [0.4, 0.5) is 5.69 Å². The van der Waals surface area contributed by atoms with Gasteiger partial charge in [0, 0.05) is 31.9 Å². The molecule has 1 fully saturated rings. The fourth-order valence-corrected chi connectivity index (χ4v) is 3.77. The van der Waals surface area contributed by atoms with Crippen LogP contribution in [-0.2, 0) is 26.2 Å². The smallest absolute Gasteiger partial charge is 0.343 e. The quantitative estimate of drug-likeness (QED) is 0.665. The van der Waals surface area contributed by atoms with Crippen LogP contribution in [-0.4, -0.2) is 56.7 Å². The van der Waals surface area contributed by atoms with Gasteiger partial charge in [0.2, 0.25) is 5.91 Å². The zero-order valence-electron chi connectivity index (χ0n) is 18.9. The van der Waals surface area contributed by atoms with Crippen molar-refractivity contribution in [2.24, 2.45) is 0 Å². The lowest BCUT2D eigenvalue weighted by Gasteiger charge is -2.38. The summed E-state index contributed by atoms with van der Waals surface area (Å²) in [5.74, 6) is 0.281. The van der Waals surface area contributed by atoms with E-state index in [0.29, 0.717) is 12.2 Å². The number of hydrogen-bond donors (Lipinski definition) is 0. The molecule has 3 rings (SSSR count). The summed E-state index contributed by atoms with van der Waals surface area (Å²) in [4.78, 5) is 28.3. The third-order valence-corrected chi connectivity index (χ3v) is 5.55. The number of para-hydroxylation sites is 1. The van der Waals surface area contributed by atoms with E-state index in [1.165, 1.54) is 18.4 Å². The predicted molar refractivity (Wildman–Crippen MR) is 122 cm³/mol. The van der Waals surface area contributed by atoms with Gasteiger partial charge >= 0.3 is 5.97 Å². The van der Waals surface area contributed by atoms with Gasteiger partial charge in [0.25, 0.3) is 0 Å². The Balaban J connectivity index is 1.54. The standard InChI is InChI=1S/C25H32N2O4/c1-25(2,3)21-7-5-6-8-22(21)26-13-15-27(16-14-26)23(28)17-19-9-11-20(12-10-19)31-18-24(29)30-4/h5-12H,13-18H2,1-4H3. The minimum absolute atomic E-state index is 0.0796. The third-order valence-electron chi connectivity index (χ3n) is 5.55. The molecular formula is C25H32N2O4. The topological polar surface area (TPSA) is 59.1 Å². The second kappa shape index (κ2) is 9.86. The van der Waals surface area contributed by atoms with E-state index in [1.807, 2.05) is 17.0 Å². The molecule has 0 aliphatic carbocycles. The summed E-state index contributed by atoms with van der Waals surface area (Å²) < 4.78 is 9.90. The van der Waals surface area contributed by atoms with Crippen molar-refractivity contribution in [2.45, 2.75) is 32.6 Å². The Kier molecular flexibility index (Phi) is 7.21. The molecule has 0 aromatic heterocycles. The van der Waals surface area contributed by atoms with Crippen molar-refractivity contribution in [1.82, 2.24) is 4.90 Å². The lowest BCUT2D eigenvalue weighted by Crippen LogP contribution is -2.49. The second-order valence-corrected chi connectivity index (χ2v) is 8.82. The predicted octanol–water partition coefficient (Wildman–Crippen LogP) is 3.43. The zero-order valence-corrected chi connectivity index (χ0v) is 18.9. The first kappa shape index (κ1) is 22.7. The molecule has 0 bridgehead atoms. The molecule has 6 heteroatoms. The molecular weight excluding hydrogens is 392 g/mol. The highest BCUT2D eigenvalue weighted by Crippen LogP contribution is 2.32. The van der Waals surface area contributed by atoms with Crippen LogP contribution in [0.5, 0.6) is 5.75 Å². The van der Waals surface area contributed by atoms with Crippen LogP contribution >= 0.6 is 0 Å². The minimum atomic E-state index is -0.427. The number of ether oxygens (including phenoxy) is 2. The Bertz CT molecular complexity index is 894. The number of rotatable bonds is 6. The Hall–Kier alpha value is -3.02. The molecule has 31 heavy (non-hydrogen) atoms. The normalized spacial score (nSPS) is 14.3. The molecule has 6 nitrogen and oxygen atoms in total. The molecule has 2 aromatic rings. The van der Waals surface area contributed by atoms with Gasteiger partial charge in [-0.2, -0.15) is 0 Å². The van der Waals surface area contributed by atoms with Crippen LogP contribution in [0.3, 0.4) is 0 Å². The Labute approximate surface area is 184 Å². The van der Waals surface area contributed by atoms with Crippen LogP contribution in [0.2, 0.25) is 0 Å². The zero-order chi connectivity index (χ0) is 22.4. The summed E-state index contributed by atoms with van der Waals surface area (Å²) in [5.41, 5.74) is 3.61. The monoisotopic (exact) mass is 424 g/mol. The van der Waals surface area contributed by atoms with E-state index < -0.39 is 5.97 Å². The van der Waals surface area contributed by atoms with Crippen molar-refractivity contribution < 1.29 is 19.1 Å². The lowest BCUT2D eigenvalue weighted by atomic mass is 9.85. The summed E-state index contributed by atoms with van der Waals surface area (Å²) in [7, 11) is 1.32. The highest BCUT2D eigenvalue weighted by atomic mass is 16.6. The van der Waals surface area contributed by atoms with E-state index in [4.69, 9.17) is 4.74 Å². The van der Waals surface area contributed by atoms with E-state index in [-0.39, 0.29) is 17.9 Å². The Morgan fingerprint density at radius 3 is 2.19 bits per heavy atom. The van der Waals surface area contributed by atoms with Crippen LogP contribution < -0.4 is 9.64 Å². The average molecular weight is 425 g/mol. The van der Waals surface area contributed by atoms with Crippen LogP contribution in [0.25, 0.3) is 0 Å².